The minimum atomic E-state index is -0.146. The second-order valence-corrected chi connectivity index (χ2v) is 11.0. The quantitative estimate of drug-likeness (QED) is 0.291. The molecule has 0 saturated carbocycles. The molecule has 2 heterocycles. The predicted octanol–water partition coefficient (Wildman–Crippen LogP) is 4.40. The molecule has 35 heavy (non-hydrogen) atoms. The number of carbonyl (C=O) groups is 2. The predicted molar refractivity (Wildman–Crippen MR) is 146 cm³/mol. The Morgan fingerprint density at radius 3 is 2.80 bits per heavy atom. The zero-order valence-corrected chi connectivity index (χ0v) is 22.6. The van der Waals surface area contributed by atoms with Gasteiger partial charge >= 0.3 is 5.91 Å². The molecule has 1 unspecified atom stereocenters. The summed E-state index contributed by atoms with van der Waals surface area (Å²) in [6.07, 6.45) is 15.9. The number of thioether (sulfide) groups is 1. The van der Waals surface area contributed by atoms with E-state index >= 15 is 0 Å². The fraction of sp³-hybridized carbons (Fsp3) is 0.444. The average Bonchev–Trinajstić information content (AvgIpc) is 3.13. The first-order valence-corrected chi connectivity index (χ1v) is 14.0. The summed E-state index contributed by atoms with van der Waals surface area (Å²) < 4.78 is 7.75. The molecule has 4 rings (SSSR count). The van der Waals surface area contributed by atoms with E-state index in [-0.39, 0.29) is 23.6 Å². The molecule has 0 radical (unpaired) electrons. The normalized spacial score (nSPS) is 21.7. The molecule has 1 atom stereocenters. The number of allylic oxidation sites excluding steroid dienone is 3. The summed E-state index contributed by atoms with van der Waals surface area (Å²) in [5.74, 6) is 0.467. The highest BCUT2D eigenvalue weighted by Gasteiger charge is 2.39. The van der Waals surface area contributed by atoms with Crippen LogP contribution >= 0.6 is 27.7 Å². The Balaban J connectivity index is 1.41. The van der Waals surface area contributed by atoms with E-state index in [1.807, 2.05) is 42.5 Å². The van der Waals surface area contributed by atoms with Crippen LogP contribution in [0.15, 0.2) is 51.9 Å². The lowest BCUT2D eigenvalue weighted by Gasteiger charge is -2.21. The Morgan fingerprint density at radius 1 is 1.26 bits per heavy atom. The lowest BCUT2D eigenvalue weighted by Crippen LogP contribution is -2.43. The molecule has 0 spiro atoms. The number of halogens is 1. The maximum absolute atomic E-state index is 13.4. The molecular weight excluding hydrogens is 526 g/mol. The van der Waals surface area contributed by atoms with E-state index in [0.717, 1.165) is 47.6 Å². The number of hydrogen-bond donors (Lipinski definition) is 1. The summed E-state index contributed by atoms with van der Waals surface area (Å²) in [6.45, 7) is 3.98. The number of rotatable bonds is 8. The van der Waals surface area contributed by atoms with Crippen molar-refractivity contribution in [2.45, 2.75) is 37.4 Å². The maximum Gasteiger partial charge on any atom is 0.426 e. The number of methoxy groups -OCH3 is 1. The Labute approximate surface area is 220 Å². The van der Waals surface area contributed by atoms with Crippen molar-refractivity contribution in [3.8, 4) is 5.75 Å². The third-order valence-electron chi connectivity index (χ3n) is 6.42. The highest BCUT2D eigenvalue weighted by atomic mass is 79.9. The highest BCUT2D eigenvalue weighted by Crippen LogP contribution is 2.34. The summed E-state index contributed by atoms with van der Waals surface area (Å²) in [6, 6.07) is 5.71. The van der Waals surface area contributed by atoms with E-state index in [9.17, 15) is 9.59 Å². The van der Waals surface area contributed by atoms with Gasteiger partial charge in [0, 0.05) is 12.6 Å². The van der Waals surface area contributed by atoms with Crippen LogP contribution in [-0.2, 0) is 9.59 Å². The minimum absolute atomic E-state index is 0.00137. The molecule has 1 saturated heterocycles. The van der Waals surface area contributed by atoms with Crippen LogP contribution < -0.4 is 10.1 Å². The zero-order chi connectivity index (χ0) is 24.6. The van der Waals surface area contributed by atoms with Gasteiger partial charge < -0.3 is 15.0 Å². The van der Waals surface area contributed by atoms with Gasteiger partial charge in [-0.2, -0.15) is 0 Å². The lowest BCUT2D eigenvalue weighted by molar-refractivity contribution is -0.434. The third kappa shape index (κ3) is 6.96. The number of benzene rings is 1. The molecule has 1 aromatic carbocycles. The van der Waals surface area contributed by atoms with Crippen molar-refractivity contribution in [3.63, 3.8) is 0 Å². The van der Waals surface area contributed by atoms with E-state index in [2.05, 4.69) is 32.2 Å². The minimum Gasteiger partial charge on any atom is -0.496 e. The number of nitrogens with zero attached hydrogens (tertiary/aromatic N) is 2. The third-order valence-corrected chi connectivity index (χ3v) is 8.24. The van der Waals surface area contributed by atoms with Gasteiger partial charge in [0.1, 0.15) is 15.9 Å². The molecule has 1 N–H and O–H groups in total. The summed E-state index contributed by atoms with van der Waals surface area (Å²) >= 11 is 5.02. The Morgan fingerprint density at radius 2 is 2.06 bits per heavy atom. The van der Waals surface area contributed by atoms with Crippen LogP contribution in [0.3, 0.4) is 0 Å². The standard InChI is InChI=1S/C27H32BrN3O3S/c1-34-23-12-11-20(17-21(23)28)18-25-27(33)31(22-9-4-5-10-24(22)35-25)19-26(32)29-13-8-16-30-14-6-2-3-7-15-30/h4-5,9-12,17-18,24H,2-3,6-8,13-16,19H2,1H3/p+1/b25-18+. The van der Waals surface area contributed by atoms with Crippen molar-refractivity contribution in [3.05, 3.63) is 57.4 Å². The van der Waals surface area contributed by atoms with Crippen LogP contribution in [0.4, 0.5) is 0 Å². The molecule has 8 heteroatoms. The Kier molecular flexibility index (Phi) is 9.40. The average molecular weight is 560 g/mol. The summed E-state index contributed by atoms with van der Waals surface area (Å²) in [7, 11) is 1.62. The van der Waals surface area contributed by atoms with Gasteiger partial charge in [-0.3, -0.25) is 4.79 Å². The van der Waals surface area contributed by atoms with E-state index in [1.165, 1.54) is 37.4 Å². The number of nitrogens with one attached hydrogen (secondary N) is 1. The number of likely N-dealkylation sites (tertiary alicyclic amines) is 1. The van der Waals surface area contributed by atoms with Crippen LogP contribution in [0.5, 0.6) is 5.75 Å². The molecule has 1 fully saturated rings. The van der Waals surface area contributed by atoms with Crippen molar-refractivity contribution in [2.75, 3.05) is 39.8 Å². The smallest absolute Gasteiger partial charge is 0.426 e. The molecule has 6 nitrogen and oxygen atoms in total. The van der Waals surface area contributed by atoms with E-state index in [4.69, 9.17) is 4.74 Å². The van der Waals surface area contributed by atoms with Crippen molar-refractivity contribution >= 4 is 51.3 Å². The van der Waals surface area contributed by atoms with Crippen LogP contribution in [-0.4, -0.2) is 72.1 Å². The Bertz CT molecular complexity index is 1070. The first kappa shape index (κ1) is 25.9. The first-order chi connectivity index (χ1) is 17.0. The van der Waals surface area contributed by atoms with Gasteiger partial charge in [-0.05, 0) is 78.6 Å². The second kappa shape index (κ2) is 12.7. The molecule has 1 aliphatic carbocycles. The number of carbonyl (C=O) groups excluding carboxylic acids is 2. The first-order valence-electron chi connectivity index (χ1n) is 12.3. The SMILES string of the molecule is COc1ccc(/C=C2/SC3C=CC=CC3=[N+](CC(=O)NCCCN3CCCCCC3)C2=O)cc1Br. The van der Waals surface area contributed by atoms with Crippen LogP contribution in [0.2, 0.25) is 0 Å². The van der Waals surface area contributed by atoms with Crippen LogP contribution in [0.25, 0.3) is 6.08 Å². The van der Waals surface area contributed by atoms with E-state index in [0.29, 0.717) is 11.4 Å². The van der Waals surface area contributed by atoms with Crippen molar-refractivity contribution in [1.82, 2.24) is 10.2 Å². The second-order valence-electron chi connectivity index (χ2n) is 8.96. The number of amides is 2. The number of fused-ring (bicyclic) bond motifs is 1. The van der Waals surface area contributed by atoms with Crippen molar-refractivity contribution < 1.29 is 18.9 Å². The van der Waals surface area contributed by atoms with Crippen LogP contribution in [0, 0.1) is 0 Å². The summed E-state index contributed by atoms with van der Waals surface area (Å²) in [5.41, 5.74) is 1.75. The lowest BCUT2D eigenvalue weighted by atomic mass is 10.1. The van der Waals surface area contributed by atoms with Gasteiger partial charge in [0.2, 0.25) is 12.3 Å². The molecular formula is C27H33BrN3O3S+. The van der Waals surface area contributed by atoms with E-state index in [1.54, 1.807) is 11.7 Å². The fourth-order valence-electron chi connectivity index (χ4n) is 4.57. The molecule has 3 aliphatic rings. The van der Waals surface area contributed by atoms with Gasteiger partial charge in [0.15, 0.2) is 0 Å². The topological polar surface area (TPSA) is 61.7 Å². The number of ether oxygens (including phenoxy) is 1. The maximum atomic E-state index is 13.4. The van der Waals surface area contributed by atoms with Gasteiger partial charge in [0.05, 0.1) is 11.6 Å². The van der Waals surface area contributed by atoms with Crippen LogP contribution in [0.1, 0.15) is 37.7 Å². The van der Waals surface area contributed by atoms with Gasteiger partial charge in [-0.1, -0.05) is 48.9 Å². The molecule has 2 amide bonds. The molecule has 0 aromatic heterocycles. The molecule has 186 valence electrons. The van der Waals surface area contributed by atoms with Crippen molar-refractivity contribution in [2.24, 2.45) is 0 Å². The highest BCUT2D eigenvalue weighted by molar-refractivity contribution is 9.10. The number of hydrogen-bond acceptors (Lipinski definition) is 5. The largest absolute Gasteiger partial charge is 0.496 e. The summed E-state index contributed by atoms with van der Waals surface area (Å²) in [5, 5.41) is 3.03. The fourth-order valence-corrected chi connectivity index (χ4v) is 6.31. The van der Waals surface area contributed by atoms with E-state index < -0.39 is 0 Å². The monoisotopic (exact) mass is 558 g/mol. The van der Waals surface area contributed by atoms with Gasteiger partial charge in [0.25, 0.3) is 5.91 Å². The molecule has 0 bridgehead atoms. The summed E-state index contributed by atoms with van der Waals surface area (Å²) in [4.78, 5) is 29.3. The Hall–Kier alpha value is -2.16. The molecule has 2 aliphatic heterocycles. The molecule has 1 aromatic rings. The van der Waals surface area contributed by atoms with Crippen molar-refractivity contribution in [1.29, 1.82) is 0 Å². The van der Waals surface area contributed by atoms with Gasteiger partial charge in [-0.15, -0.1) is 4.58 Å². The van der Waals surface area contributed by atoms with Gasteiger partial charge in [-0.25, -0.2) is 4.79 Å². The zero-order valence-electron chi connectivity index (χ0n) is 20.2.